The number of carbonyl (C=O) groups is 3. The van der Waals surface area contributed by atoms with E-state index in [0.29, 0.717) is 6.42 Å². The molecule has 0 radical (unpaired) electrons. The predicted octanol–water partition coefficient (Wildman–Crippen LogP) is 2.70. The topological polar surface area (TPSA) is 107 Å². The van der Waals surface area contributed by atoms with Crippen molar-refractivity contribution < 1.29 is 37.4 Å². The van der Waals surface area contributed by atoms with Crippen LogP contribution in [-0.4, -0.2) is 35.0 Å². The quantitative estimate of drug-likeness (QED) is 0.708. The van der Waals surface area contributed by atoms with E-state index in [-0.39, 0.29) is 30.7 Å². The zero-order valence-corrected chi connectivity index (χ0v) is 14.5. The molecule has 0 spiro atoms. The fourth-order valence-electron chi connectivity index (χ4n) is 1.65. The highest BCUT2D eigenvalue weighted by Gasteiger charge is 2.38. The van der Waals surface area contributed by atoms with Crippen LogP contribution in [0.2, 0.25) is 0 Å². The molecular weight excluding hydrogens is 355 g/mol. The molecule has 3 N–H and O–H groups in total. The molecule has 0 saturated carbocycles. The molecule has 0 fully saturated rings. The van der Waals surface area contributed by atoms with Crippen LogP contribution in [-0.2, 0) is 25.7 Å². The van der Waals surface area contributed by atoms with Gasteiger partial charge in [-0.1, -0.05) is 44.2 Å². The van der Waals surface area contributed by atoms with Gasteiger partial charge in [0.1, 0.15) is 6.61 Å². The molecular formula is C17H22F3NO5. The molecule has 9 heteroatoms. The minimum absolute atomic E-state index is 0.0177. The van der Waals surface area contributed by atoms with Gasteiger partial charge in [0.05, 0.1) is 6.04 Å². The Kier molecular flexibility index (Phi) is 10.2. The average Bonchev–Trinajstić information content (AvgIpc) is 2.57. The summed E-state index contributed by atoms with van der Waals surface area (Å²) in [6.07, 6.45) is -4.57. The van der Waals surface area contributed by atoms with Crippen LogP contribution in [0.3, 0.4) is 0 Å². The third-order valence-corrected chi connectivity index (χ3v) is 3.08. The maximum atomic E-state index is 11.6. The van der Waals surface area contributed by atoms with Gasteiger partial charge < -0.3 is 15.6 Å². The van der Waals surface area contributed by atoms with Gasteiger partial charge in [0.2, 0.25) is 0 Å². The Morgan fingerprint density at radius 3 is 2.08 bits per heavy atom. The van der Waals surface area contributed by atoms with Gasteiger partial charge in [-0.3, -0.25) is 9.59 Å². The van der Waals surface area contributed by atoms with Gasteiger partial charge >= 0.3 is 18.1 Å². The standard InChI is InChI=1S/C15H21NO3.C2HF3O2/c1-11(2)15(18)13(16)8-9-14(17)19-10-12-6-4-3-5-7-12;3-2(4,5)1(6)7/h3-7,11,13H,8-10,16H2,1-2H3;(H,6,7). The molecule has 1 atom stereocenters. The fraction of sp³-hybridized carbons (Fsp3) is 0.471. The number of benzene rings is 1. The van der Waals surface area contributed by atoms with Crippen molar-refractivity contribution >= 4 is 17.7 Å². The lowest BCUT2D eigenvalue weighted by Gasteiger charge is -2.12. The highest BCUT2D eigenvalue weighted by Crippen LogP contribution is 2.13. The second kappa shape index (κ2) is 11.2. The lowest BCUT2D eigenvalue weighted by atomic mass is 9.99. The van der Waals surface area contributed by atoms with E-state index in [0.717, 1.165) is 5.56 Å². The number of halogens is 3. The fourth-order valence-corrected chi connectivity index (χ4v) is 1.65. The molecule has 0 aliphatic heterocycles. The monoisotopic (exact) mass is 377 g/mol. The Morgan fingerprint density at radius 1 is 1.15 bits per heavy atom. The predicted molar refractivity (Wildman–Crippen MR) is 87.0 cm³/mol. The van der Waals surface area contributed by atoms with Crippen LogP contribution in [0.4, 0.5) is 13.2 Å². The number of Topliss-reactive ketones (excluding diaryl/α,β-unsaturated/α-hetero) is 1. The summed E-state index contributed by atoms with van der Waals surface area (Å²) in [7, 11) is 0. The van der Waals surface area contributed by atoms with Crippen molar-refractivity contribution in [3.05, 3.63) is 35.9 Å². The van der Waals surface area contributed by atoms with Crippen LogP contribution in [0.25, 0.3) is 0 Å². The van der Waals surface area contributed by atoms with Crippen LogP contribution < -0.4 is 5.73 Å². The molecule has 146 valence electrons. The minimum Gasteiger partial charge on any atom is -0.475 e. The average molecular weight is 377 g/mol. The van der Waals surface area contributed by atoms with E-state index in [2.05, 4.69) is 0 Å². The highest BCUT2D eigenvalue weighted by atomic mass is 19.4. The van der Waals surface area contributed by atoms with Gasteiger partial charge in [-0.15, -0.1) is 0 Å². The first kappa shape index (κ1) is 23.6. The molecule has 6 nitrogen and oxygen atoms in total. The van der Waals surface area contributed by atoms with Crippen molar-refractivity contribution in [2.24, 2.45) is 11.7 Å². The number of ether oxygens (including phenoxy) is 1. The van der Waals surface area contributed by atoms with Gasteiger partial charge in [0.15, 0.2) is 5.78 Å². The molecule has 0 aliphatic carbocycles. The molecule has 1 rings (SSSR count). The number of carbonyl (C=O) groups excluding carboxylic acids is 2. The van der Waals surface area contributed by atoms with Crippen molar-refractivity contribution in [1.82, 2.24) is 0 Å². The van der Waals surface area contributed by atoms with E-state index < -0.39 is 18.2 Å². The van der Waals surface area contributed by atoms with E-state index in [1.807, 2.05) is 30.3 Å². The largest absolute Gasteiger partial charge is 0.490 e. The number of esters is 1. The van der Waals surface area contributed by atoms with Crippen LogP contribution in [0.15, 0.2) is 30.3 Å². The lowest BCUT2D eigenvalue weighted by Crippen LogP contribution is -2.34. The van der Waals surface area contributed by atoms with E-state index >= 15 is 0 Å². The van der Waals surface area contributed by atoms with Crippen LogP contribution in [0.5, 0.6) is 0 Å². The van der Waals surface area contributed by atoms with E-state index in [1.165, 1.54) is 0 Å². The Bertz CT molecular complexity index is 588. The molecule has 0 aromatic heterocycles. The minimum atomic E-state index is -5.08. The summed E-state index contributed by atoms with van der Waals surface area (Å²) in [5.74, 6) is -3.20. The number of hydrogen-bond acceptors (Lipinski definition) is 5. The number of ketones is 1. The van der Waals surface area contributed by atoms with Crippen LogP contribution >= 0.6 is 0 Å². The number of alkyl halides is 3. The summed E-state index contributed by atoms with van der Waals surface area (Å²) < 4.78 is 36.8. The maximum Gasteiger partial charge on any atom is 0.490 e. The summed E-state index contributed by atoms with van der Waals surface area (Å²) in [6, 6.07) is 8.88. The first-order valence-electron chi connectivity index (χ1n) is 7.74. The Morgan fingerprint density at radius 2 is 1.65 bits per heavy atom. The number of rotatable bonds is 7. The summed E-state index contributed by atoms with van der Waals surface area (Å²) >= 11 is 0. The third-order valence-electron chi connectivity index (χ3n) is 3.08. The number of aliphatic carboxylic acids is 1. The molecule has 26 heavy (non-hydrogen) atoms. The highest BCUT2D eigenvalue weighted by molar-refractivity contribution is 5.86. The van der Waals surface area contributed by atoms with E-state index in [4.69, 9.17) is 20.4 Å². The van der Waals surface area contributed by atoms with Crippen molar-refractivity contribution in [3.8, 4) is 0 Å². The normalized spacial score (nSPS) is 12.0. The van der Waals surface area contributed by atoms with Crippen molar-refractivity contribution in [2.75, 3.05) is 0 Å². The van der Waals surface area contributed by atoms with Crippen molar-refractivity contribution in [3.63, 3.8) is 0 Å². The smallest absolute Gasteiger partial charge is 0.475 e. The summed E-state index contributed by atoms with van der Waals surface area (Å²) in [5, 5.41) is 7.12. The molecule has 0 amide bonds. The van der Waals surface area contributed by atoms with Gasteiger partial charge in [-0.05, 0) is 12.0 Å². The van der Waals surface area contributed by atoms with Gasteiger partial charge in [0, 0.05) is 12.3 Å². The Hall–Kier alpha value is -2.42. The molecule has 0 aliphatic rings. The maximum absolute atomic E-state index is 11.6. The number of nitrogens with two attached hydrogens (primary N) is 1. The van der Waals surface area contributed by atoms with Crippen LogP contribution in [0, 0.1) is 5.92 Å². The summed E-state index contributed by atoms with van der Waals surface area (Å²) in [6.45, 7) is 3.86. The Labute approximate surface area is 149 Å². The van der Waals surface area contributed by atoms with Gasteiger partial charge in [-0.25, -0.2) is 4.79 Å². The first-order valence-corrected chi connectivity index (χ1v) is 7.74. The second-order valence-electron chi connectivity index (χ2n) is 5.65. The molecule has 1 aromatic rings. The third kappa shape index (κ3) is 10.4. The van der Waals surface area contributed by atoms with E-state index in [1.54, 1.807) is 13.8 Å². The number of carboxylic acids is 1. The summed E-state index contributed by atoms with van der Waals surface area (Å²) in [4.78, 5) is 32.0. The molecule has 1 unspecified atom stereocenters. The van der Waals surface area contributed by atoms with Gasteiger partial charge in [-0.2, -0.15) is 13.2 Å². The first-order chi connectivity index (χ1) is 11.9. The van der Waals surface area contributed by atoms with Crippen LogP contribution in [0.1, 0.15) is 32.3 Å². The zero-order chi connectivity index (χ0) is 20.3. The molecule has 1 aromatic carbocycles. The number of hydrogen-bond donors (Lipinski definition) is 2. The van der Waals surface area contributed by atoms with Crippen molar-refractivity contribution in [2.45, 2.75) is 45.5 Å². The summed E-state index contributed by atoms with van der Waals surface area (Å²) in [5.41, 5.74) is 6.66. The Balaban J connectivity index is 0.000000758. The molecule has 0 bridgehead atoms. The number of carboxylic acid groups (broad SMARTS) is 1. The van der Waals surface area contributed by atoms with Crippen molar-refractivity contribution in [1.29, 1.82) is 0 Å². The second-order valence-corrected chi connectivity index (χ2v) is 5.65. The van der Waals surface area contributed by atoms with E-state index in [9.17, 15) is 22.8 Å². The molecule has 0 saturated heterocycles. The van der Waals surface area contributed by atoms with Gasteiger partial charge in [0.25, 0.3) is 0 Å². The zero-order valence-electron chi connectivity index (χ0n) is 14.5. The SMILES string of the molecule is CC(C)C(=O)C(N)CCC(=O)OCc1ccccc1.O=C(O)C(F)(F)F. The molecule has 0 heterocycles. The lowest BCUT2D eigenvalue weighted by molar-refractivity contribution is -0.192.